The number of pyridine rings is 1. The summed E-state index contributed by atoms with van der Waals surface area (Å²) in [5, 5.41) is 29.3. The Bertz CT molecular complexity index is 1210. The van der Waals surface area contributed by atoms with Gasteiger partial charge in [0.15, 0.2) is 0 Å². The lowest BCUT2D eigenvalue weighted by Gasteiger charge is -2.16. The maximum atomic E-state index is 12.9. The van der Waals surface area contributed by atoms with Crippen LogP contribution in [0, 0.1) is 32.8 Å². The maximum Gasteiger partial charge on any atom is 0.269 e. The van der Waals surface area contributed by atoms with Crippen molar-refractivity contribution in [3.8, 4) is 12.1 Å². The van der Waals surface area contributed by atoms with Crippen LogP contribution in [0.2, 0.25) is 0 Å². The number of nitrogens with two attached hydrogens (primary N) is 1. The SMILES string of the molecule is N#Cc1c(N)nc(SC2CC(=O)N(c3ccc([N+](=O)[O-])cc3)C2=O)c(C#N)c1C1CC1. The first-order valence-corrected chi connectivity index (χ1v) is 10.1. The Morgan fingerprint density at radius 2 is 1.81 bits per heavy atom. The van der Waals surface area contributed by atoms with Crippen molar-refractivity contribution in [1.82, 2.24) is 4.98 Å². The molecule has 10 nitrogen and oxygen atoms in total. The number of carbonyl (C=O) groups is 2. The Kier molecular flexibility index (Phi) is 5.05. The molecule has 2 N–H and O–H groups in total. The fourth-order valence-electron chi connectivity index (χ4n) is 3.52. The lowest BCUT2D eigenvalue weighted by Crippen LogP contribution is -2.31. The highest BCUT2D eigenvalue weighted by molar-refractivity contribution is 8.00. The molecule has 1 aromatic carbocycles. The summed E-state index contributed by atoms with van der Waals surface area (Å²) < 4.78 is 0. The van der Waals surface area contributed by atoms with E-state index in [2.05, 4.69) is 11.1 Å². The predicted molar refractivity (Wildman–Crippen MR) is 110 cm³/mol. The molecule has 31 heavy (non-hydrogen) atoms. The molecular formula is C20H14N6O4S. The number of anilines is 2. The Labute approximate surface area is 180 Å². The summed E-state index contributed by atoms with van der Waals surface area (Å²) in [6.45, 7) is 0. The number of thioether (sulfide) groups is 1. The van der Waals surface area contributed by atoms with Crippen LogP contribution in [0.25, 0.3) is 0 Å². The van der Waals surface area contributed by atoms with E-state index in [4.69, 9.17) is 5.73 Å². The van der Waals surface area contributed by atoms with E-state index in [1.807, 2.05) is 6.07 Å². The van der Waals surface area contributed by atoms with Crippen molar-refractivity contribution in [3.63, 3.8) is 0 Å². The average Bonchev–Trinajstić information content (AvgIpc) is 3.54. The van der Waals surface area contributed by atoms with Crippen LogP contribution in [0.15, 0.2) is 29.3 Å². The summed E-state index contributed by atoms with van der Waals surface area (Å²) in [5.74, 6) is -0.911. The van der Waals surface area contributed by atoms with Crippen molar-refractivity contribution in [3.05, 3.63) is 51.1 Å². The number of hydrogen-bond donors (Lipinski definition) is 1. The van der Waals surface area contributed by atoms with Gasteiger partial charge in [-0.3, -0.25) is 19.7 Å². The zero-order chi connectivity index (χ0) is 22.3. The molecule has 2 fully saturated rings. The average molecular weight is 434 g/mol. The summed E-state index contributed by atoms with van der Waals surface area (Å²) in [4.78, 5) is 40.9. The number of amides is 2. The number of aromatic nitrogens is 1. The number of nitrogen functional groups attached to an aromatic ring is 1. The highest BCUT2D eigenvalue weighted by Crippen LogP contribution is 2.46. The van der Waals surface area contributed by atoms with E-state index in [0.29, 0.717) is 5.56 Å². The van der Waals surface area contributed by atoms with Crippen LogP contribution in [-0.2, 0) is 9.59 Å². The topological polar surface area (TPSA) is 167 Å². The molecule has 1 aromatic heterocycles. The minimum Gasteiger partial charge on any atom is -0.383 e. The Morgan fingerprint density at radius 3 is 2.35 bits per heavy atom. The molecule has 1 aliphatic carbocycles. The molecule has 11 heteroatoms. The van der Waals surface area contributed by atoms with Crippen molar-refractivity contribution in [2.45, 2.75) is 35.5 Å². The molecule has 2 heterocycles. The Morgan fingerprint density at radius 1 is 1.16 bits per heavy atom. The number of nitrogens with zero attached hydrogens (tertiary/aromatic N) is 5. The molecule has 1 unspecified atom stereocenters. The van der Waals surface area contributed by atoms with E-state index in [1.165, 1.54) is 24.3 Å². The fourth-order valence-corrected chi connectivity index (χ4v) is 4.64. The largest absolute Gasteiger partial charge is 0.383 e. The van der Waals surface area contributed by atoms with E-state index in [-0.39, 0.29) is 45.7 Å². The monoisotopic (exact) mass is 434 g/mol. The van der Waals surface area contributed by atoms with Gasteiger partial charge in [0, 0.05) is 18.6 Å². The molecule has 0 bridgehead atoms. The zero-order valence-corrected chi connectivity index (χ0v) is 16.8. The predicted octanol–water partition coefficient (Wildman–Crippen LogP) is 2.62. The minimum atomic E-state index is -0.832. The molecule has 0 radical (unpaired) electrons. The number of imide groups is 1. The van der Waals surface area contributed by atoms with Gasteiger partial charge in [-0.25, -0.2) is 9.88 Å². The van der Waals surface area contributed by atoms with E-state index < -0.39 is 22.0 Å². The second kappa shape index (κ2) is 7.70. The lowest BCUT2D eigenvalue weighted by molar-refractivity contribution is -0.384. The highest BCUT2D eigenvalue weighted by Gasteiger charge is 2.42. The van der Waals surface area contributed by atoms with Gasteiger partial charge in [-0.05, 0) is 36.5 Å². The summed E-state index contributed by atoms with van der Waals surface area (Å²) in [6.07, 6.45) is 1.56. The molecule has 2 amide bonds. The number of nitro benzene ring substituents is 1. The number of hydrogen-bond acceptors (Lipinski definition) is 9. The van der Waals surface area contributed by atoms with Gasteiger partial charge in [0.1, 0.15) is 23.0 Å². The first kappa shape index (κ1) is 20.3. The molecule has 2 aliphatic rings. The third-order valence-corrected chi connectivity index (χ3v) is 6.29. The van der Waals surface area contributed by atoms with Crippen LogP contribution in [0.4, 0.5) is 17.2 Å². The molecule has 1 saturated carbocycles. The van der Waals surface area contributed by atoms with Crippen molar-refractivity contribution >= 4 is 40.8 Å². The first-order chi connectivity index (χ1) is 14.8. The molecule has 1 saturated heterocycles. The summed E-state index contributed by atoms with van der Waals surface area (Å²) in [5.41, 5.74) is 6.98. The molecule has 2 aromatic rings. The van der Waals surface area contributed by atoms with Crippen LogP contribution in [-0.4, -0.2) is 27.0 Å². The second-order valence-electron chi connectivity index (χ2n) is 7.12. The standard InChI is InChI=1S/C20H14N6O4S/c21-8-13-17(10-1-2-10)14(9-22)19(24-18(13)23)31-15-7-16(27)25(20(15)28)11-3-5-12(6-4-11)26(29)30/h3-6,10,15H,1-2,7H2,(H2,23,24). The highest BCUT2D eigenvalue weighted by atomic mass is 32.2. The molecule has 0 spiro atoms. The van der Waals surface area contributed by atoms with Crippen molar-refractivity contribution in [2.75, 3.05) is 10.6 Å². The van der Waals surface area contributed by atoms with E-state index in [1.54, 1.807) is 0 Å². The molecular weight excluding hydrogens is 420 g/mol. The normalized spacial score (nSPS) is 18.0. The van der Waals surface area contributed by atoms with Crippen molar-refractivity contribution < 1.29 is 14.5 Å². The maximum absolute atomic E-state index is 12.9. The van der Waals surface area contributed by atoms with Crippen molar-refractivity contribution in [2.24, 2.45) is 0 Å². The summed E-state index contributed by atoms with van der Waals surface area (Å²) >= 11 is 0.970. The van der Waals surface area contributed by atoms with E-state index >= 15 is 0 Å². The summed E-state index contributed by atoms with van der Waals surface area (Å²) in [6, 6.07) is 9.21. The smallest absolute Gasteiger partial charge is 0.269 e. The molecule has 1 aliphatic heterocycles. The summed E-state index contributed by atoms with van der Waals surface area (Å²) in [7, 11) is 0. The van der Waals surface area contributed by atoms with Crippen LogP contribution >= 0.6 is 11.8 Å². The second-order valence-corrected chi connectivity index (χ2v) is 8.31. The zero-order valence-electron chi connectivity index (χ0n) is 15.9. The fraction of sp³-hybridized carbons (Fsp3) is 0.250. The molecule has 154 valence electrons. The van der Waals surface area contributed by atoms with Crippen LogP contribution < -0.4 is 10.6 Å². The Hall–Kier alpha value is -3.96. The minimum absolute atomic E-state index is 0.00472. The van der Waals surface area contributed by atoms with Gasteiger partial charge in [-0.15, -0.1) is 0 Å². The van der Waals surface area contributed by atoms with Gasteiger partial charge in [0.05, 0.1) is 27.0 Å². The Balaban J connectivity index is 1.65. The number of nitro groups is 1. The molecule has 4 rings (SSSR count). The first-order valence-electron chi connectivity index (χ1n) is 9.27. The van der Waals surface area contributed by atoms with E-state index in [9.17, 15) is 30.2 Å². The molecule has 1 atom stereocenters. The number of benzene rings is 1. The van der Waals surface area contributed by atoms with Gasteiger partial charge < -0.3 is 5.73 Å². The lowest BCUT2D eigenvalue weighted by atomic mass is 10.0. The third kappa shape index (κ3) is 3.56. The number of nitriles is 2. The number of non-ortho nitro benzene ring substituents is 1. The van der Waals surface area contributed by atoms with Gasteiger partial charge in [-0.1, -0.05) is 11.8 Å². The van der Waals surface area contributed by atoms with Crippen molar-refractivity contribution in [1.29, 1.82) is 10.5 Å². The van der Waals surface area contributed by atoms with Crippen LogP contribution in [0.1, 0.15) is 41.9 Å². The van der Waals surface area contributed by atoms with Gasteiger partial charge in [0.25, 0.3) is 5.69 Å². The van der Waals surface area contributed by atoms with Gasteiger partial charge in [-0.2, -0.15) is 10.5 Å². The van der Waals surface area contributed by atoms with Gasteiger partial charge in [0.2, 0.25) is 11.8 Å². The number of carbonyl (C=O) groups excluding carboxylic acids is 2. The quantitative estimate of drug-likeness (QED) is 0.422. The van der Waals surface area contributed by atoms with E-state index in [0.717, 1.165) is 29.5 Å². The third-order valence-electron chi connectivity index (χ3n) is 5.12. The van der Waals surface area contributed by atoms with Gasteiger partial charge >= 0.3 is 0 Å². The van der Waals surface area contributed by atoms with Crippen LogP contribution in [0.5, 0.6) is 0 Å². The number of rotatable bonds is 5. The van der Waals surface area contributed by atoms with Crippen LogP contribution in [0.3, 0.4) is 0 Å².